The van der Waals surface area contributed by atoms with Crippen LogP contribution in [0, 0.1) is 39.9 Å². The third-order valence-electron chi connectivity index (χ3n) is 11.8. The maximum atomic E-state index is 13.1. The molecule has 0 heterocycles. The van der Waals surface area contributed by atoms with Crippen molar-refractivity contribution < 1.29 is 19.4 Å². The SMILES string of the molecule is CC(=O)O[C@H]1C[C@@]2(C)[C@@H](C[C@H](N)[C@H]3[C@@]4(C)CC[C@@H](O)[C@@H](C)[C@@H]4CC[C@@]32C)/C1=C(\CCC=C(C)C)C(C)=O. The van der Waals surface area contributed by atoms with Crippen LogP contribution < -0.4 is 5.73 Å². The van der Waals surface area contributed by atoms with Crippen LogP contribution in [-0.4, -0.2) is 35.1 Å². The van der Waals surface area contributed by atoms with Gasteiger partial charge in [-0.15, -0.1) is 0 Å². The van der Waals surface area contributed by atoms with Crippen molar-refractivity contribution in [2.75, 3.05) is 0 Å². The highest BCUT2D eigenvalue weighted by Gasteiger charge is 2.70. The summed E-state index contributed by atoms with van der Waals surface area (Å²) in [7, 11) is 0. The molecule has 37 heavy (non-hydrogen) atoms. The number of fused-ring (bicyclic) bond motifs is 5. The lowest BCUT2D eigenvalue weighted by Gasteiger charge is -2.69. The molecule has 5 nitrogen and oxygen atoms in total. The van der Waals surface area contributed by atoms with E-state index in [1.165, 1.54) is 12.5 Å². The van der Waals surface area contributed by atoms with Gasteiger partial charge in [-0.1, -0.05) is 39.3 Å². The van der Waals surface area contributed by atoms with Gasteiger partial charge in [0.05, 0.1) is 6.10 Å². The van der Waals surface area contributed by atoms with Gasteiger partial charge in [0, 0.05) is 13.0 Å². The van der Waals surface area contributed by atoms with Gasteiger partial charge in [0.2, 0.25) is 0 Å². The normalized spacial score (nSPS) is 46.3. The lowest BCUT2D eigenvalue weighted by molar-refractivity contribution is -0.204. The van der Waals surface area contributed by atoms with E-state index in [9.17, 15) is 14.7 Å². The van der Waals surface area contributed by atoms with Gasteiger partial charge >= 0.3 is 5.97 Å². The fraction of sp³-hybridized carbons (Fsp3) is 0.812. The Kier molecular flexibility index (Phi) is 7.66. The summed E-state index contributed by atoms with van der Waals surface area (Å²) >= 11 is 0. The van der Waals surface area contributed by atoms with Crippen LogP contribution in [0.1, 0.15) is 107 Å². The Morgan fingerprint density at radius 3 is 2.35 bits per heavy atom. The fourth-order valence-electron chi connectivity index (χ4n) is 10.1. The zero-order valence-electron chi connectivity index (χ0n) is 24.5. The Morgan fingerprint density at radius 2 is 1.76 bits per heavy atom. The molecule has 4 aliphatic carbocycles. The zero-order chi connectivity index (χ0) is 27.5. The first-order valence-electron chi connectivity index (χ1n) is 14.7. The van der Waals surface area contributed by atoms with Crippen LogP contribution in [0.4, 0.5) is 0 Å². The van der Waals surface area contributed by atoms with Gasteiger partial charge in [0.25, 0.3) is 0 Å². The third kappa shape index (κ3) is 4.46. The first-order chi connectivity index (χ1) is 17.2. The first-order valence-corrected chi connectivity index (χ1v) is 14.7. The van der Waals surface area contributed by atoms with E-state index < -0.39 is 0 Å². The van der Waals surface area contributed by atoms with Crippen molar-refractivity contribution in [3.8, 4) is 0 Å². The standard InChI is InChI=1S/C32H51NO4/c1-18(2)10-9-11-22(20(4)34)28-24-16-25(33)29-30(6)14-13-26(36)19(3)23(30)12-15-31(29,7)32(24,8)17-27(28)37-21(5)35/h10,19,23-27,29,36H,9,11-17,33H2,1-8H3/b28-22-/t19-,23-,24-,25-,26+,27-,29-,30-,31-,32-/m0/s1. The second-order valence-electron chi connectivity index (χ2n) is 14.0. The van der Waals surface area contributed by atoms with Gasteiger partial charge < -0.3 is 15.6 Å². The molecule has 10 atom stereocenters. The minimum Gasteiger partial charge on any atom is -0.458 e. The second-order valence-corrected chi connectivity index (χ2v) is 14.0. The molecule has 3 N–H and O–H groups in total. The Balaban J connectivity index is 1.82. The molecular weight excluding hydrogens is 462 g/mol. The number of rotatable bonds is 5. The first kappa shape index (κ1) is 28.5. The number of ketones is 1. The van der Waals surface area contributed by atoms with Crippen molar-refractivity contribution in [1.82, 2.24) is 0 Å². The van der Waals surface area contributed by atoms with Crippen molar-refractivity contribution >= 4 is 11.8 Å². The summed E-state index contributed by atoms with van der Waals surface area (Å²) in [6.07, 6.45) is 8.65. The Labute approximate surface area is 224 Å². The largest absolute Gasteiger partial charge is 0.458 e. The van der Waals surface area contributed by atoms with E-state index in [2.05, 4.69) is 47.6 Å². The van der Waals surface area contributed by atoms with Crippen LogP contribution in [-0.2, 0) is 14.3 Å². The monoisotopic (exact) mass is 513 g/mol. The van der Waals surface area contributed by atoms with Crippen molar-refractivity contribution in [2.24, 2.45) is 45.7 Å². The average Bonchev–Trinajstić information content (AvgIpc) is 3.05. The van der Waals surface area contributed by atoms with Crippen LogP contribution in [0.15, 0.2) is 22.8 Å². The number of ether oxygens (including phenoxy) is 1. The number of carbonyl (C=O) groups excluding carboxylic acids is 2. The van der Waals surface area contributed by atoms with Crippen LogP contribution >= 0.6 is 0 Å². The van der Waals surface area contributed by atoms with Gasteiger partial charge in [-0.05, 0) is 123 Å². The van der Waals surface area contributed by atoms with Gasteiger partial charge in [-0.3, -0.25) is 9.59 Å². The van der Waals surface area contributed by atoms with E-state index >= 15 is 0 Å². The minimum absolute atomic E-state index is 0.00962. The van der Waals surface area contributed by atoms with Gasteiger partial charge in [0.1, 0.15) is 6.10 Å². The predicted molar refractivity (Wildman–Crippen MR) is 148 cm³/mol. The lowest BCUT2D eigenvalue weighted by atomic mass is 9.36. The topological polar surface area (TPSA) is 89.6 Å². The molecule has 0 bridgehead atoms. The molecule has 0 saturated heterocycles. The van der Waals surface area contributed by atoms with Crippen molar-refractivity contribution in [3.63, 3.8) is 0 Å². The van der Waals surface area contributed by atoms with E-state index in [0.29, 0.717) is 18.3 Å². The molecule has 0 radical (unpaired) electrons. The molecule has 208 valence electrons. The molecule has 0 unspecified atom stereocenters. The number of nitrogens with two attached hydrogens (primary N) is 1. The number of aliphatic hydroxyl groups is 1. The highest BCUT2D eigenvalue weighted by atomic mass is 16.5. The molecule has 4 aliphatic rings. The fourth-order valence-corrected chi connectivity index (χ4v) is 10.1. The lowest BCUT2D eigenvalue weighted by Crippen LogP contribution is -2.67. The number of esters is 1. The summed E-state index contributed by atoms with van der Waals surface area (Å²) in [6, 6.07) is 0.00962. The molecule has 0 aromatic carbocycles. The molecule has 4 saturated carbocycles. The maximum Gasteiger partial charge on any atom is 0.303 e. The number of allylic oxidation sites excluding steroid dienone is 3. The molecular formula is C32H51NO4. The van der Waals surface area contributed by atoms with E-state index in [0.717, 1.165) is 56.1 Å². The molecule has 0 amide bonds. The van der Waals surface area contributed by atoms with Crippen molar-refractivity contribution in [2.45, 2.75) is 125 Å². The summed E-state index contributed by atoms with van der Waals surface area (Å²) < 4.78 is 6.02. The molecule has 5 heteroatoms. The highest BCUT2D eigenvalue weighted by Crippen LogP contribution is 2.74. The van der Waals surface area contributed by atoms with Gasteiger partial charge in [-0.2, -0.15) is 0 Å². The number of hydrogen-bond acceptors (Lipinski definition) is 5. The van der Waals surface area contributed by atoms with Crippen LogP contribution in [0.3, 0.4) is 0 Å². The second kappa shape index (κ2) is 9.93. The summed E-state index contributed by atoms with van der Waals surface area (Å²) in [6.45, 7) is 16.8. The summed E-state index contributed by atoms with van der Waals surface area (Å²) in [5.41, 5.74) is 10.3. The average molecular weight is 514 g/mol. The Morgan fingerprint density at radius 1 is 1.08 bits per heavy atom. The molecule has 0 aliphatic heterocycles. The molecule has 0 aromatic heterocycles. The number of Topliss-reactive ketones (excluding diaryl/α,β-unsaturated/α-hetero) is 1. The van der Waals surface area contributed by atoms with Crippen LogP contribution in [0.2, 0.25) is 0 Å². The van der Waals surface area contributed by atoms with E-state index in [4.69, 9.17) is 10.5 Å². The highest BCUT2D eigenvalue weighted by molar-refractivity contribution is 5.94. The molecule has 4 fully saturated rings. The summed E-state index contributed by atoms with van der Waals surface area (Å²) in [5, 5.41) is 10.7. The number of aliphatic hydroxyl groups excluding tert-OH is 1. The zero-order valence-corrected chi connectivity index (χ0v) is 24.5. The van der Waals surface area contributed by atoms with E-state index in [1.807, 2.05) is 0 Å². The van der Waals surface area contributed by atoms with Gasteiger partial charge in [0.15, 0.2) is 5.78 Å². The quantitative estimate of drug-likeness (QED) is 0.262. The number of hydrogen-bond donors (Lipinski definition) is 2. The predicted octanol–water partition coefficient (Wildman–Crippen LogP) is 6.14. The number of carbonyl (C=O) groups is 2. The van der Waals surface area contributed by atoms with Crippen LogP contribution in [0.25, 0.3) is 0 Å². The smallest absolute Gasteiger partial charge is 0.303 e. The van der Waals surface area contributed by atoms with Crippen molar-refractivity contribution in [3.05, 3.63) is 22.8 Å². The Hall–Kier alpha value is -1.46. The molecule has 0 spiro atoms. The Bertz CT molecular complexity index is 995. The molecule has 0 aromatic rings. The maximum absolute atomic E-state index is 13.1. The minimum atomic E-state index is -0.362. The molecule has 4 rings (SSSR count). The summed E-state index contributed by atoms with van der Waals surface area (Å²) in [5.74, 6) is 1.02. The van der Waals surface area contributed by atoms with E-state index in [1.54, 1.807) is 6.92 Å². The third-order valence-corrected chi connectivity index (χ3v) is 11.8. The van der Waals surface area contributed by atoms with Gasteiger partial charge in [-0.25, -0.2) is 0 Å². The summed E-state index contributed by atoms with van der Waals surface area (Å²) in [4.78, 5) is 25.4. The van der Waals surface area contributed by atoms with Crippen molar-refractivity contribution in [1.29, 1.82) is 0 Å². The van der Waals surface area contributed by atoms with Crippen LogP contribution in [0.5, 0.6) is 0 Å². The van der Waals surface area contributed by atoms with E-state index in [-0.39, 0.29) is 58.1 Å².